The van der Waals surface area contributed by atoms with Gasteiger partial charge in [-0.25, -0.2) is 0 Å². The quantitative estimate of drug-likeness (QED) is 0.743. The number of hydrogen-bond acceptors (Lipinski definition) is 4. The Morgan fingerprint density at radius 1 is 1.22 bits per heavy atom. The molecule has 0 aromatic rings. The third-order valence-corrected chi connectivity index (χ3v) is 6.84. The number of alkyl halides is 1. The molecule has 132 valence electrons. The van der Waals surface area contributed by atoms with Crippen molar-refractivity contribution in [2.45, 2.75) is 33.3 Å². The Bertz CT molecular complexity index is 452. The van der Waals surface area contributed by atoms with E-state index in [9.17, 15) is 9.18 Å². The van der Waals surface area contributed by atoms with E-state index in [4.69, 9.17) is 4.74 Å². The molecule has 0 aromatic heterocycles. The summed E-state index contributed by atoms with van der Waals surface area (Å²) in [6.45, 7) is 10.7. The highest BCUT2D eigenvalue weighted by atomic mass is 19.1. The summed E-state index contributed by atoms with van der Waals surface area (Å²) in [5, 5.41) is 0. The van der Waals surface area contributed by atoms with E-state index >= 15 is 0 Å². The molecule has 5 heteroatoms. The first-order valence-electron chi connectivity index (χ1n) is 9.07. The maximum Gasteiger partial charge on any atom is 0.314 e. The molecule has 2 aliphatic heterocycles. The Kier molecular flexibility index (Phi) is 4.71. The van der Waals surface area contributed by atoms with E-state index in [0.717, 1.165) is 39.1 Å². The average Bonchev–Trinajstić information content (AvgIpc) is 2.74. The number of carbonyl (C=O) groups is 1. The fourth-order valence-electron chi connectivity index (χ4n) is 5.31. The number of rotatable bonds is 3. The van der Waals surface area contributed by atoms with Crippen molar-refractivity contribution in [3.05, 3.63) is 0 Å². The lowest BCUT2D eigenvalue weighted by atomic mass is 9.55. The van der Waals surface area contributed by atoms with Crippen molar-refractivity contribution in [2.75, 3.05) is 46.4 Å². The van der Waals surface area contributed by atoms with Gasteiger partial charge in [-0.05, 0) is 38.1 Å². The third kappa shape index (κ3) is 2.80. The van der Waals surface area contributed by atoms with Gasteiger partial charge in [0, 0.05) is 38.6 Å². The first-order valence-corrected chi connectivity index (χ1v) is 9.07. The minimum atomic E-state index is -0.502. The number of ether oxygens (including phenoxy) is 1. The van der Waals surface area contributed by atoms with Gasteiger partial charge in [-0.2, -0.15) is 0 Å². The minimum absolute atomic E-state index is 0.0193. The normalized spacial score (nSPS) is 45.8. The van der Waals surface area contributed by atoms with E-state index in [1.54, 1.807) is 0 Å². The number of fused-ring (bicyclic) bond motifs is 1. The number of likely N-dealkylation sites (N-methyl/N-ethyl adjacent to an activating group) is 1. The summed E-state index contributed by atoms with van der Waals surface area (Å²) < 4.78 is 19.5. The van der Waals surface area contributed by atoms with Gasteiger partial charge in [0.15, 0.2) is 0 Å². The molecular weight excluding hydrogens is 295 g/mol. The van der Waals surface area contributed by atoms with Crippen molar-refractivity contribution in [2.24, 2.45) is 29.1 Å². The molecule has 0 aromatic carbocycles. The Morgan fingerprint density at radius 2 is 1.87 bits per heavy atom. The molecule has 4 nitrogen and oxygen atoms in total. The molecule has 1 aliphatic carbocycles. The van der Waals surface area contributed by atoms with Gasteiger partial charge in [-0.3, -0.25) is 14.1 Å². The van der Waals surface area contributed by atoms with Crippen molar-refractivity contribution in [3.8, 4) is 0 Å². The standard InChI is InChI=1S/C18H31FN2O2/c1-12-9-18(11-21-7-5-20(4)6-8-21)16(14(3)23-17(18)22)15(10-19)13(12)2/h12-16H,5-11H2,1-4H3/t12-,13+,14+,15-,16-,18-/m0/s1. The van der Waals surface area contributed by atoms with Gasteiger partial charge in [0.2, 0.25) is 0 Å². The van der Waals surface area contributed by atoms with Crippen LogP contribution in [0.5, 0.6) is 0 Å². The van der Waals surface area contributed by atoms with Gasteiger partial charge >= 0.3 is 5.97 Å². The monoisotopic (exact) mass is 326 g/mol. The van der Waals surface area contributed by atoms with Crippen molar-refractivity contribution in [1.82, 2.24) is 9.80 Å². The van der Waals surface area contributed by atoms with Crippen LogP contribution in [0.2, 0.25) is 0 Å². The zero-order valence-corrected chi connectivity index (χ0v) is 14.9. The average molecular weight is 326 g/mol. The van der Waals surface area contributed by atoms with E-state index in [1.807, 2.05) is 6.92 Å². The van der Waals surface area contributed by atoms with Crippen LogP contribution in [0.25, 0.3) is 0 Å². The second-order valence-corrected chi connectivity index (χ2v) is 8.23. The summed E-state index contributed by atoms with van der Waals surface area (Å²) in [6.07, 6.45) is 0.677. The number of nitrogens with zero attached hydrogens (tertiary/aromatic N) is 2. The van der Waals surface area contributed by atoms with Crippen LogP contribution in [0.4, 0.5) is 4.39 Å². The molecule has 0 amide bonds. The van der Waals surface area contributed by atoms with Crippen LogP contribution in [0, 0.1) is 29.1 Å². The smallest absolute Gasteiger partial charge is 0.314 e. The topological polar surface area (TPSA) is 32.8 Å². The van der Waals surface area contributed by atoms with Gasteiger partial charge in [-0.1, -0.05) is 13.8 Å². The highest BCUT2D eigenvalue weighted by molar-refractivity contribution is 5.80. The maximum atomic E-state index is 13.9. The Morgan fingerprint density at radius 3 is 2.48 bits per heavy atom. The molecule has 0 N–H and O–H groups in total. The van der Waals surface area contributed by atoms with E-state index < -0.39 is 5.41 Å². The zero-order valence-electron chi connectivity index (χ0n) is 14.9. The van der Waals surface area contributed by atoms with Crippen LogP contribution in [0.3, 0.4) is 0 Å². The van der Waals surface area contributed by atoms with Gasteiger partial charge in [-0.15, -0.1) is 0 Å². The van der Waals surface area contributed by atoms with Crippen LogP contribution < -0.4 is 0 Å². The van der Waals surface area contributed by atoms with E-state index in [2.05, 4.69) is 30.7 Å². The molecule has 3 aliphatic rings. The van der Waals surface area contributed by atoms with Gasteiger partial charge in [0.25, 0.3) is 0 Å². The summed E-state index contributed by atoms with van der Waals surface area (Å²) in [5.41, 5.74) is -0.502. The summed E-state index contributed by atoms with van der Waals surface area (Å²) in [4.78, 5) is 17.5. The van der Waals surface area contributed by atoms with E-state index in [0.29, 0.717) is 11.8 Å². The molecule has 3 fully saturated rings. The van der Waals surface area contributed by atoms with Crippen LogP contribution in [0.1, 0.15) is 27.2 Å². The number of cyclic esters (lactones) is 1. The largest absolute Gasteiger partial charge is 0.462 e. The Balaban J connectivity index is 1.87. The second kappa shape index (κ2) is 6.32. The SMILES string of the molecule is C[C@H]1[C@H](CF)[C@@H]2[C@@H](C)OC(=O)[C@]2(CN2CCN(C)CC2)C[C@@H]1C. The molecule has 23 heavy (non-hydrogen) atoms. The maximum absolute atomic E-state index is 13.9. The molecule has 2 heterocycles. The summed E-state index contributed by atoms with van der Waals surface area (Å²) in [6, 6.07) is 0. The fraction of sp³-hybridized carbons (Fsp3) is 0.944. The van der Waals surface area contributed by atoms with Crippen LogP contribution in [0.15, 0.2) is 0 Å². The van der Waals surface area contributed by atoms with E-state index in [1.165, 1.54) is 0 Å². The summed E-state index contributed by atoms with van der Waals surface area (Å²) >= 11 is 0. The van der Waals surface area contributed by atoms with Gasteiger partial charge < -0.3 is 9.64 Å². The molecule has 2 saturated heterocycles. The number of hydrogen-bond donors (Lipinski definition) is 0. The lowest BCUT2D eigenvalue weighted by Gasteiger charge is -2.49. The highest BCUT2D eigenvalue weighted by Crippen LogP contribution is 2.56. The summed E-state index contributed by atoms with van der Waals surface area (Å²) in [5.74, 6) is 0.546. The number of carbonyl (C=O) groups excluding carboxylic acids is 1. The number of piperazine rings is 1. The first kappa shape index (κ1) is 17.2. The zero-order chi connectivity index (χ0) is 16.8. The van der Waals surface area contributed by atoms with Gasteiger partial charge in [0.05, 0.1) is 12.1 Å². The minimum Gasteiger partial charge on any atom is -0.462 e. The molecule has 3 rings (SSSR count). The lowest BCUT2D eigenvalue weighted by molar-refractivity contribution is -0.152. The van der Waals surface area contributed by atoms with E-state index in [-0.39, 0.29) is 30.6 Å². The van der Waals surface area contributed by atoms with Crippen molar-refractivity contribution >= 4 is 5.97 Å². The van der Waals surface area contributed by atoms with Crippen LogP contribution in [-0.4, -0.2) is 68.3 Å². The molecular formula is C18H31FN2O2. The number of esters is 1. The third-order valence-electron chi connectivity index (χ3n) is 6.84. The predicted molar refractivity (Wildman–Crippen MR) is 87.8 cm³/mol. The molecule has 0 bridgehead atoms. The molecule has 0 radical (unpaired) electrons. The molecule has 0 unspecified atom stereocenters. The number of halogens is 1. The first-order chi connectivity index (χ1) is 10.9. The predicted octanol–water partition coefficient (Wildman–Crippen LogP) is 2.04. The van der Waals surface area contributed by atoms with Crippen LogP contribution in [-0.2, 0) is 9.53 Å². The van der Waals surface area contributed by atoms with Crippen molar-refractivity contribution < 1.29 is 13.9 Å². The fourth-order valence-corrected chi connectivity index (χ4v) is 5.31. The highest BCUT2D eigenvalue weighted by Gasteiger charge is 2.63. The Labute approximate surface area is 139 Å². The second-order valence-electron chi connectivity index (χ2n) is 8.23. The lowest BCUT2D eigenvalue weighted by Crippen LogP contribution is -2.56. The molecule has 1 saturated carbocycles. The van der Waals surface area contributed by atoms with Gasteiger partial charge in [0.1, 0.15) is 6.10 Å². The van der Waals surface area contributed by atoms with Crippen molar-refractivity contribution in [1.29, 1.82) is 0 Å². The Hall–Kier alpha value is -0.680. The molecule has 6 atom stereocenters. The van der Waals surface area contributed by atoms with Crippen molar-refractivity contribution in [3.63, 3.8) is 0 Å². The summed E-state index contributed by atoms with van der Waals surface area (Å²) in [7, 11) is 2.13. The van der Waals surface area contributed by atoms with Crippen LogP contribution >= 0.6 is 0 Å². The molecule has 0 spiro atoms.